The average Bonchev–Trinajstić information content (AvgIpc) is 2.29. The first-order valence-corrected chi connectivity index (χ1v) is 4.66. The van der Waals surface area contributed by atoms with E-state index in [0.717, 1.165) is 0 Å². The molecule has 1 aromatic rings. The fraction of sp³-hybridized carbons (Fsp3) is 0.273. The topological polar surface area (TPSA) is 72.8 Å². The van der Waals surface area contributed by atoms with Gasteiger partial charge in [0.2, 0.25) is 0 Å². The van der Waals surface area contributed by atoms with E-state index in [2.05, 4.69) is 4.74 Å². The Morgan fingerprint density at radius 2 is 1.88 bits per heavy atom. The predicted molar refractivity (Wildman–Crippen MR) is 55.5 cm³/mol. The molecule has 0 amide bonds. The van der Waals surface area contributed by atoms with Crippen molar-refractivity contribution in [2.45, 2.75) is 6.42 Å². The van der Waals surface area contributed by atoms with Crippen LogP contribution in [0, 0.1) is 0 Å². The number of hydrogen-bond acceptors (Lipinski definition) is 4. The molecule has 5 heteroatoms. The van der Waals surface area contributed by atoms with Gasteiger partial charge >= 0.3 is 11.9 Å². The van der Waals surface area contributed by atoms with Gasteiger partial charge in [0.05, 0.1) is 25.7 Å². The van der Waals surface area contributed by atoms with Crippen LogP contribution in [0.1, 0.15) is 16.8 Å². The van der Waals surface area contributed by atoms with Crippen LogP contribution in [0.2, 0.25) is 0 Å². The van der Waals surface area contributed by atoms with Crippen LogP contribution in [0.3, 0.4) is 0 Å². The lowest BCUT2D eigenvalue weighted by Crippen LogP contribution is -2.07. The zero-order valence-electron chi connectivity index (χ0n) is 8.80. The van der Waals surface area contributed by atoms with E-state index < -0.39 is 5.97 Å². The second-order valence-electron chi connectivity index (χ2n) is 3.00. The molecule has 0 atom stereocenters. The quantitative estimate of drug-likeness (QED) is 0.764. The van der Waals surface area contributed by atoms with Gasteiger partial charge in [0, 0.05) is 0 Å². The minimum atomic E-state index is -0.985. The van der Waals surface area contributed by atoms with Gasteiger partial charge in [0.1, 0.15) is 5.75 Å². The van der Waals surface area contributed by atoms with Gasteiger partial charge in [0.15, 0.2) is 0 Å². The Kier molecular flexibility index (Phi) is 4.32. The summed E-state index contributed by atoms with van der Waals surface area (Å²) in [7, 11) is 1.31. The summed E-state index contributed by atoms with van der Waals surface area (Å²) in [4.78, 5) is 21.3. The number of ether oxygens (including phenoxy) is 2. The molecule has 0 radical (unpaired) electrons. The molecule has 0 saturated carbocycles. The number of aromatic carboxylic acids is 1. The van der Waals surface area contributed by atoms with E-state index in [1.165, 1.54) is 19.2 Å². The molecule has 0 saturated heterocycles. The molecule has 0 aliphatic carbocycles. The highest BCUT2D eigenvalue weighted by Crippen LogP contribution is 2.12. The van der Waals surface area contributed by atoms with Crippen molar-refractivity contribution in [2.24, 2.45) is 0 Å². The Hall–Kier alpha value is -2.04. The summed E-state index contributed by atoms with van der Waals surface area (Å²) >= 11 is 0. The summed E-state index contributed by atoms with van der Waals surface area (Å²) in [6.07, 6.45) is 0.164. The third-order valence-electron chi connectivity index (χ3n) is 1.90. The van der Waals surface area contributed by atoms with E-state index in [0.29, 0.717) is 5.75 Å². The van der Waals surface area contributed by atoms with E-state index in [1.54, 1.807) is 12.1 Å². The van der Waals surface area contributed by atoms with Crippen molar-refractivity contribution < 1.29 is 24.2 Å². The third-order valence-corrected chi connectivity index (χ3v) is 1.90. The average molecular weight is 224 g/mol. The highest BCUT2D eigenvalue weighted by Gasteiger charge is 2.03. The van der Waals surface area contributed by atoms with E-state index in [-0.39, 0.29) is 24.6 Å². The fourth-order valence-electron chi connectivity index (χ4n) is 1.05. The Morgan fingerprint density at radius 3 is 2.38 bits per heavy atom. The lowest BCUT2D eigenvalue weighted by Gasteiger charge is -2.05. The Morgan fingerprint density at radius 1 is 1.25 bits per heavy atom. The van der Waals surface area contributed by atoms with Gasteiger partial charge in [-0.1, -0.05) is 0 Å². The SMILES string of the molecule is COC(=O)CCOc1ccc(C(=O)O)cc1. The number of carbonyl (C=O) groups is 2. The molecule has 0 heterocycles. The molecule has 86 valence electrons. The van der Waals surface area contributed by atoms with Gasteiger partial charge in [-0.3, -0.25) is 4.79 Å². The molecule has 1 aromatic carbocycles. The van der Waals surface area contributed by atoms with Crippen molar-refractivity contribution in [2.75, 3.05) is 13.7 Å². The number of benzene rings is 1. The second-order valence-corrected chi connectivity index (χ2v) is 3.00. The van der Waals surface area contributed by atoms with Crippen molar-refractivity contribution >= 4 is 11.9 Å². The lowest BCUT2D eigenvalue weighted by atomic mass is 10.2. The van der Waals surface area contributed by atoms with Gasteiger partial charge in [-0.25, -0.2) is 4.79 Å². The van der Waals surface area contributed by atoms with Crippen LogP contribution >= 0.6 is 0 Å². The van der Waals surface area contributed by atoms with Crippen LogP contribution in [-0.4, -0.2) is 30.8 Å². The first-order chi connectivity index (χ1) is 7.63. The Balaban J connectivity index is 2.43. The molecular formula is C11H12O5. The van der Waals surface area contributed by atoms with Gasteiger partial charge in [-0.05, 0) is 24.3 Å². The Labute approximate surface area is 92.6 Å². The number of hydrogen-bond donors (Lipinski definition) is 1. The summed E-state index contributed by atoms with van der Waals surface area (Å²) in [6.45, 7) is 0.207. The first-order valence-electron chi connectivity index (χ1n) is 4.66. The molecule has 0 aliphatic heterocycles. The van der Waals surface area contributed by atoms with E-state index in [4.69, 9.17) is 9.84 Å². The first kappa shape index (κ1) is 12.0. The van der Waals surface area contributed by atoms with Crippen LogP contribution in [-0.2, 0) is 9.53 Å². The molecule has 0 aromatic heterocycles. The molecule has 1 N–H and O–H groups in total. The largest absolute Gasteiger partial charge is 0.493 e. The maximum absolute atomic E-state index is 10.8. The number of rotatable bonds is 5. The summed E-state index contributed by atoms with van der Waals surface area (Å²) in [5, 5.41) is 8.65. The van der Waals surface area contributed by atoms with Crippen molar-refractivity contribution in [3.05, 3.63) is 29.8 Å². The number of methoxy groups -OCH3 is 1. The van der Waals surface area contributed by atoms with Gasteiger partial charge in [-0.15, -0.1) is 0 Å². The molecule has 1 rings (SSSR count). The van der Waals surface area contributed by atoms with Crippen molar-refractivity contribution in [3.63, 3.8) is 0 Å². The van der Waals surface area contributed by atoms with E-state index in [1.807, 2.05) is 0 Å². The number of carboxylic acids is 1. The summed E-state index contributed by atoms with van der Waals surface area (Å²) < 4.78 is 9.66. The van der Waals surface area contributed by atoms with Crippen molar-refractivity contribution in [1.82, 2.24) is 0 Å². The minimum absolute atomic E-state index is 0.164. The fourth-order valence-corrected chi connectivity index (χ4v) is 1.05. The van der Waals surface area contributed by atoms with Crippen LogP contribution in [0.5, 0.6) is 5.75 Å². The number of carboxylic acid groups (broad SMARTS) is 1. The molecule has 0 aliphatic rings. The smallest absolute Gasteiger partial charge is 0.335 e. The summed E-state index contributed by atoms with van der Waals surface area (Å²) in [5.74, 6) is -0.808. The maximum atomic E-state index is 10.8. The van der Waals surface area contributed by atoms with Crippen LogP contribution < -0.4 is 4.74 Å². The minimum Gasteiger partial charge on any atom is -0.493 e. The zero-order chi connectivity index (χ0) is 12.0. The van der Waals surface area contributed by atoms with Crippen LogP contribution in [0.25, 0.3) is 0 Å². The highest BCUT2D eigenvalue weighted by molar-refractivity contribution is 5.87. The van der Waals surface area contributed by atoms with Crippen molar-refractivity contribution in [1.29, 1.82) is 0 Å². The number of carbonyl (C=O) groups excluding carboxylic acids is 1. The molecule has 0 spiro atoms. The second kappa shape index (κ2) is 5.75. The number of esters is 1. The normalized spacial score (nSPS) is 9.56. The molecule has 0 fully saturated rings. The van der Waals surface area contributed by atoms with Gasteiger partial charge in [0.25, 0.3) is 0 Å². The standard InChI is InChI=1S/C11H12O5/c1-15-10(12)6-7-16-9-4-2-8(3-5-9)11(13)14/h2-5H,6-7H2,1H3,(H,13,14). The summed E-state index contributed by atoms with van der Waals surface area (Å²) in [6, 6.07) is 5.97. The van der Waals surface area contributed by atoms with E-state index in [9.17, 15) is 9.59 Å². The molecule has 16 heavy (non-hydrogen) atoms. The molecule has 0 unspecified atom stereocenters. The van der Waals surface area contributed by atoms with Crippen molar-refractivity contribution in [3.8, 4) is 5.75 Å². The Bertz CT molecular complexity index is 368. The van der Waals surface area contributed by atoms with E-state index >= 15 is 0 Å². The molecular weight excluding hydrogens is 212 g/mol. The van der Waals surface area contributed by atoms with Gasteiger partial charge < -0.3 is 14.6 Å². The lowest BCUT2D eigenvalue weighted by molar-refractivity contribution is -0.141. The zero-order valence-corrected chi connectivity index (χ0v) is 8.80. The maximum Gasteiger partial charge on any atom is 0.335 e. The predicted octanol–water partition coefficient (Wildman–Crippen LogP) is 1.33. The summed E-state index contributed by atoms with van der Waals surface area (Å²) in [5.41, 5.74) is 0.195. The third kappa shape index (κ3) is 3.61. The van der Waals surface area contributed by atoms with Crippen LogP contribution in [0.4, 0.5) is 0 Å². The van der Waals surface area contributed by atoms with Crippen LogP contribution in [0.15, 0.2) is 24.3 Å². The highest BCUT2D eigenvalue weighted by atomic mass is 16.5. The molecule has 0 bridgehead atoms. The monoisotopic (exact) mass is 224 g/mol. The molecule has 5 nitrogen and oxygen atoms in total. The van der Waals surface area contributed by atoms with Gasteiger partial charge in [-0.2, -0.15) is 0 Å².